The number of aromatic hydroxyl groups is 1. The number of hydrogen-bond acceptors (Lipinski definition) is 3. The van der Waals surface area contributed by atoms with E-state index in [0.29, 0.717) is 12.1 Å². The van der Waals surface area contributed by atoms with Crippen LogP contribution in [-0.2, 0) is 0 Å². The molecule has 3 heteroatoms. The number of anilines is 1. The molecule has 3 aromatic rings. The van der Waals surface area contributed by atoms with Crippen LogP contribution in [0.25, 0.3) is 10.8 Å². The zero-order valence-corrected chi connectivity index (χ0v) is 13.4. The maximum atomic E-state index is 10.1. The molecule has 3 nitrogen and oxygen atoms in total. The standard InChI is InChI=1S/C21H21NO2/c1-15(14-23)13-20(22-19-11-4-5-12-21(19)24)18-10-6-8-16-7-2-3-9-17(16)18/h2-12,20,22-24H,1,13-14H2/t20-/m0/s1. The molecule has 0 heterocycles. The lowest BCUT2D eigenvalue weighted by molar-refractivity contribution is 0.325. The van der Waals surface area contributed by atoms with E-state index in [1.165, 1.54) is 0 Å². The van der Waals surface area contributed by atoms with Gasteiger partial charge in [-0.2, -0.15) is 0 Å². The predicted octanol–water partition coefficient (Wildman–Crippen LogP) is 4.64. The van der Waals surface area contributed by atoms with Gasteiger partial charge in [0, 0.05) is 0 Å². The van der Waals surface area contributed by atoms with E-state index in [-0.39, 0.29) is 18.4 Å². The van der Waals surface area contributed by atoms with Crippen molar-refractivity contribution in [2.45, 2.75) is 12.5 Å². The first-order chi connectivity index (χ1) is 11.7. The van der Waals surface area contributed by atoms with Crippen LogP contribution in [0.4, 0.5) is 5.69 Å². The van der Waals surface area contributed by atoms with Crippen molar-refractivity contribution >= 4 is 16.5 Å². The van der Waals surface area contributed by atoms with Gasteiger partial charge >= 0.3 is 0 Å². The largest absolute Gasteiger partial charge is 0.506 e. The second kappa shape index (κ2) is 7.20. The number of fused-ring (bicyclic) bond motifs is 1. The van der Waals surface area contributed by atoms with Crippen LogP contribution in [0.5, 0.6) is 5.75 Å². The fourth-order valence-electron chi connectivity index (χ4n) is 2.93. The summed E-state index contributed by atoms with van der Waals surface area (Å²) >= 11 is 0. The van der Waals surface area contributed by atoms with E-state index >= 15 is 0 Å². The van der Waals surface area contributed by atoms with E-state index in [4.69, 9.17) is 0 Å². The molecule has 3 N–H and O–H groups in total. The molecule has 0 spiro atoms. The number of aliphatic hydroxyl groups excluding tert-OH is 1. The Morgan fingerprint density at radius 2 is 1.67 bits per heavy atom. The third kappa shape index (κ3) is 3.42. The van der Waals surface area contributed by atoms with E-state index in [0.717, 1.165) is 21.9 Å². The zero-order chi connectivity index (χ0) is 16.9. The lowest BCUT2D eigenvalue weighted by atomic mass is 9.94. The van der Waals surface area contributed by atoms with Gasteiger partial charge in [-0.05, 0) is 40.5 Å². The maximum Gasteiger partial charge on any atom is 0.138 e. The molecule has 3 rings (SSSR count). The summed E-state index contributed by atoms with van der Waals surface area (Å²) in [5.74, 6) is 0.206. The Kier molecular flexibility index (Phi) is 4.82. The van der Waals surface area contributed by atoms with Crippen LogP contribution < -0.4 is 5.32 Å². The van der Waals surface area contributed by atoms with Crippen molar-refractivity contribution in [3.8, 4) is 5.75 Å². The first-order valence-corrected chi connectivity index (χ1v) is 7.98. The number of hydrogen-bond donors (Lipinski definition) is 3. The summed E-state index contributed by atoms with van der Waals surface area (Å²) in [5, 5.41) is 25.2. The smallest absolute Gasteiger partial charge is 0.138 e. The van der Waals surface area contributed by atoms with Gasteiger partial charge in [-0.1, -0.05) is 61.2 Å². The molecular weight excluding hydrogens is 298 g/mol. The molecule has 0 amide bonds. The number of para-hydroxylation sites is 2. The quantitative estimate of drug-likeness (QED) is 0.458. The third-order valence-corrected chi connectivity index (χ3v) is 4.15. The average Bonchev–Trinajstić information content (AvgIpc) is 2.62. The summed E-state index contributed by atoms with van der Waals surface area (Å²) in [4.78, 5) is 0. The first kappa shape index (κ1) is 16.1. The average molecular weight is 319 g/mol. The van der Waals surface area contributed by atoms with Crippen molar-refractivity contribution in [3.63, 3.8) is 0 Å². The molecule has 0 aliphatic heterocycles. The fraction of sp³-hybridized carbons (Fsp3) is 0.143. The molecule has 3 aromatic carbocycles. The molecular formula is C21H21NO2. The highest BCUT2D eigenvalue weighted by molar-refractivity contribution is 5.86. The molecule has 0 unspecified atom stereocenters. The first-order valence-electron chi connectivity index (χ1n) is 7.98. The monoisotopic (exact) mass is 319 g/mol. The number of nitrogens with one attached hydrogen (secondary N) is 1. The molecule has 0 radical (unpaired) electrons. The number of aliphatic hydroxyl groups is 1. The Balaban J connectivity index is 2.03. The minimum atomic E-state index is -0.0935. The van der Waals surface area contributed by atoms with E-state index in [9.17, 15) is 10.2 Å². The molecule has 0 aliphatic rings. The Bertz CT molecular complexity index is 852. The second-order valence-corrected chi connectivity index (χ2v) is 5.89. The molecule has 0 saturated carbocycles. The van der Waals surface area contributed by atoms with Crippen molar-refractivity contribution in [1.82, 2.24) is 0 Å². The van der Waals surface area contributed by atoms with Gasteiger partial charge in [-0.3, -0.25) is 0 Å². The highest BCUT2D eigenvalue weighted by Crippen LogP contribution is 2.33. The highest BCUT2D eigenvalue weighted by Gasteiger charge is 2.16. The lowest BCUT2D eigenvalue weighted by Gasteiger charge is -2.23. The predicted molar refractivity (Wildman–Crippen MR) is 99.3 cm³/mol. The molecule has 0 aliphatic carbocycles. The van der Waals surface area contributed by atoms with Crippen LogP contribution in [0.15, 0.2) is 78.9 Å². The van der Waals surface area contributed by atoms with Crippen LogP contribution in [-0.4, -0.2) is 16.8 Å². The molecule has 0 saturated heterocycles. The number of rotatable bonds is 6. The summed E-state index contributed by atoms with van der Waals surface area (Å²) in [6.45, 7) is 3.88. The zero-order valence-electron chi connectivity index (χ0n) is 13.4. The minimum Gasteiger partial charge on any atom is -0.506 e. The molecule has 0 bridgehead atoms. The summed E-state index contributed by atoms with van der Waals surface area (Å²) in [5.41, 5.74) is 2.53. The number of phenols is 1. The van der Waals surface area contributed by atoms with Gasteiger partial charge in [-0.15, -0.1) is 0 Å². The summed E-state index contributed by atoms with van der Waals surface area (Å²) in [6.07, 6.45) is 0.582. The van der Waals surface area contributed by atoms with Crippen LogP contribution in [0.2, 0.25) is 0 Å². The fourth-order valence-corrected chi connectivity index (χ4v) is 2.93. The van der Waals surface area contributed by atoms with Crippen LogP contribution in [0.1, 0.15) is 18.0 Å². The van der Waals surface area contributed by atoms with E-state index in [1.807, 2.05) is 30.3 Å². The van der Waals surface area contributed by atoms with E-state index in [1.54, 1.807) is 12.1 Å². The lowest BCUT2D eigenvalue weighted by Crippen LogP contribution is -2.13. The topological polar surface area (TPSA) is 52.5 Å². The normalized spacial score (nSPS) is 12.0. The van der Waals surface area contributed by atoms with Crippen LogP contribution >= 0.6 is 0 Å². The van der Waals surface area contributed by atoms with Gasteiger partial charge < -0.3 is 15.5 Å². The summed E-state index contributed by atoms with van der Waals surface area (Å²) < 4.78 is 0. The Morgan fingerprint density at radius 1 is 0.958 bits per heavy atom. The Morgan fingerprint density at radius 3 is 2.46 bits per heavy atom. The minimum absolute atomic E-state index is 0.0519. The third-order valence-electron chi connectivity index (χ3n) is 4.15. The van der Waals surface area contributed by atoms with Crippen molar-refractivity contribution in [1.29, 1.82) is 0 Å². The Hall–Kier alpha value is -2.78. The molecule has 0 fully saturated rings. The van der Waals surface area contributed by atoms with Crippen molar-refractivity contribution in [3.05, 3.63) is 84.4 Å². The van der Waals surface area contributed by atoms with Gasteiger partial charge in [0.15, 0.2) is 0 Å². The molecule has 122 valence electrons. The van der Waals surface area contributed by atoms with Crippen molar-refractivity contribution < 1.29 is 10.2 Å². The van der Waals surface area contributed by atoms with Gasteiger partial charge in [-0.25, -0.2) is 0 Å². The number of phenolic OH excluding ortho intramolecular Hbond substituents is 1. The summed E-state index contributed by atoms with van der Waals surface area (Å²) in [6, 6.07) is 21.5. The van der Waals surface area contributed by atoms with Crippen LogP contribution in [0.3, 0.4) is 0 Å². The van der Waals surface area contributed by atoms with Crippen molar-refractivity contribution in [2.75, 3.05) is 11.9 Å². The maximum absolute atomic E-state index is 10.1. The van der Waals surface area contributed by atoms with Gasteiger partial charge in [0.05, 0.1) is 18.3 Å². The van der Waals surface area contributed by atoms with Gasteiger partial charge in [0.25, 0.3) is 0 Å². The van der Waals surface area contributed by atoms with Crippen LogP contribution in [0, 0.1) is 0 Å². The van der Waals surface area contributed by atoms with Gasteiger partial charge in [0.1, 0.15) is 5.75 Å². The second-order valence-electron chi connectivity index (χ2n) is 5.89. The molecule has 0 aromatic heterocycles. The van der Waals surface area contributed by atoms with E-state index in [2.05, 4.69) is 36.2 Å². The Labute approximate surface area is 141 Å². The SMILES string of the molecule is C=C(CO)C[C@H](Nc1ccccc1O)c1cccc2ccccc12. The van der Waals surface area contributed by atoms with Gasteiger partial charge in [0.2, 0.25) is 0 Å². The molecule has 1 atom stereocenters. The van der Waals surface area contributed by atoms with Crippen molar-refractivity contribution in [2.24, 2.45) is 0 Å². The molecule has 24 heavy (non-hydrogen) atoms. The highest BCUT2D eigenvalue weighted by atomic mass is 16.3. The number of benzene rings is 3. The van der Waals surface area contributed by atoms with E-state index < -0.39 is 0 Å². The summed E-state index contributed by atoms with van der Waals surface area (Å²) in [7, 11) is 0.